The largest absolute Gasteiger partial charge is 0.492 e. The minimum absolute atomic E-state index is 0.203. The molecule has 2 aromatic carbocycles. The number of aryl methyl sites for hydroxylation is 1. The van der Waals surface area contributed by atoms with E-state index in [1.807, 2.05) is 18.2 Å². The van der Waals surface area contributed by atoms with Crippen LogP contribution in [0.25, 0.3) is 11.0 Å². The van der Waals surface area contributed by atoms with Crippen LogP contribution in [-0.2, 0) is 6.42 Å². The Kier molecular flexibility index (Phi) is 5.99. The SMILES string of the molecule is CCCCOc1ccc(CCOc2ccc3[nH]c(C)nc3c2F)cc1Cl. The van der Waals surface area contributed by atoms with Gasteiger partial charge in [0.2, 0.25) is 0 Å². The molecule has 138 valence electrons. The molecule has 1 aromatic heterocycles. The predicted molar refractivity (Wildman–Crippen MR) is 102 cm³/mol. The second-order valence-corrected chi connectivity index (χ2v) is 6.57. The summed E-state index contributed by atoms with van der Waals surface area (Å²) in [6.45, 7) is 4.91. The van der Waals surface area contributed by atoms with Gasteiger partial charge in [-0.25, -0.2) is 9.37 Å². The van der Waals surface area contributed by atoms with Crippen LogP contribution in [0.4, 0.5) is 4.39 Å². The first kappa shape index (κ1) is 18.5. The van der Waals surface area contributed by atoms with E-state index in [9.17, 15) is 4.39 Å². The van der Waals surface area contributed by atoms with E-state index < -0.39 is 5.82 Å². The molecule has 0 aliphatic heterocycles. The number of halogens is 2. The Hall–Kier alpha value is -2.27. The number of hydrogen-bond acceptors (Lipinski definition) is 3. The van der Waals surface area contributed by atoms with Gasteiger partial charge < -0.3 is 14.5 Å². The first-order valence-corrected chi connectivity index (χ1v) is 9.15. The highest BCUT2D eigenvalue weighted by Crippen LogP contribution is 2.27. The lowest BCUT2D eigenvalue weighted by molar-refractivity contribution is 0.305. The predicted octanol–water partition coefficient (Wildman–Crippen LogP) is 5.46. The summed E-state index contributed by atoms with van der Waals surface area (Å²) in [5.41, 5.74) is 1.98. The van der Waals surface area contributed by atoms with Crippen molar-refractivity contribution in [3.63, 3.8) is 0 Å². The van der Waals surface area contributed by atoms with E-state index in [1.54, 1.807) is 19.1 Å². The molecule has 1 N–H and O–H groups in total. The van der Waals surface area contributed by atoms with E-state index in [4.69, 9.17) is 21.1 Å². The third kappa shape index (κ3) is 4.28. The molecule has 0 saturated heterocycles. The van der Waals surface area contributed by atoms with Crippen LogP contribution in [0, 0.1) is 12.7 Å². The summed E-state index contributed by atoms with van der Waals surface area (Å²) in [6, 6.07) is 9.07. The number of hydrogen-bond donors (Lipinski definition) is 1. The zero-order valence-corrected chi connectivity index (χ0v) is 15.7. The van der Waals surface area contributed by atoms with Crippen LogP contribution in [0.15, 0.2) is 30.3 Å². The zero-order chi connectivity index (χ0) is 18.5. The van der Waals surface area contributed by atoms with Gasteiger partial charge in [-0.1, -0.05) is 31.0 Å². The average Bonchev–Trinajstić information content (AvgIpc) is 3.00. The quantitative estimate of drug-likeness (QED) is 0.531. The summed E-state index contributed by atoms with van der Waals surface area (Å²) in [5.74, 6) is 1.13. The van der Waals surface area contributed by atoms with Gasteiger partial charge in [-0.05, 0) is 43.2 Å². The van der Waals surface area contributed by atoms with Crippen molar-refractivity contribution in [3.05, 3.63) is 52.6 Å². The molecule has 3 rings (SSSR count). The molecule has 0 aliphatic rings. The number of rotatable bonds is 8. The van der Waals surface area contributed by atoms with Gasteiger partial charge in [0, 0.05) is 6.42 Å². The van der Waals surface area contributed by atoms with Gasteiger partial charge in [0.1, 0.15) is 17.1 Å². The fraction of sp³-hybridized carbons (Fsp3) is 0.350. The highest BCUT2D eigenvalue weighted by molar-refractivity contribution is 6.32. The van der Waals surface area contributed by atoms with Crippen LogP contribution in [0.3, 0.4) is 0 Å². The fourth-order valence-electron chi connectivity index (χ4n) is 2.68. The lowest BCUT2D eigenvalue weighted by Crippen LogP contribution is -2.03. The third-order valence-corrected chi connectivity index (χ3v) is 4.37. The first-order valence-electron chi connectivity index (χ1n) is 8.77. The first-order chi connectivity index (χ1) is 12.6. The second kappa shape index (κ2) is 8.41. The smallest absolute Gasteiger partial charge is 0.192 e. The number of fused-ring (bicyclic) bond motifs is 1. The van der Waals surface area contributed by atoms with Gasteiger partial charge in [-0.15, -0.1) is 0 Å². The number of nitrogens with one attached hydrogen (secondary N) is 1. The topological polar surface area (TPSA) is 47.1 Å². The van der Waals surface area contributed by atoms with Gasteiger partial charge in [0.15, 0.2) is 11.6 Å². The minimum Gasteiger partial charge on any atom is -0.492 e. The molecule has 0 radical (unpaired) electrons. The summed E-state index contributed by atoms with van der Waals surface area (Å²) >= 11 is 6.26. The van der Waals surface area contributed by atoms with Crippen molar-refractivity contribution in [3.8, 4) is 11.5 Å². The number of benzene rings is 2. The number of unbranched alkanes of at least 4 members (excludes halogenated alkanes) is 1. The summed E-state index contributed by atoms with van der Waals surface area (Å²) in [5, 5.41) is 0.582. The average molecular weight is 377 g/mol. The lowest BCUT2D eigenvalue weighted by Gasteiger charge is -2.10. The van der Waals surface area contributed by atoms with Crippen molar-refractivity contribution >= 4 is 22.6 Å². The normalized spacial score (nSPS) is 11.1. The van der Waals surface area contributed by atoms with E-state index in [0.29, 0.717) is 47.3 Å². The Morgan fingerprint density at radius 1 is 1.12 bits per heavy atom. The molecule has 26 heavy (non-hydrogen) atoms. The van der Waals surface area contributed by atoms with Crippen LogP contribution in [0.2, 0.25) is 5.02 Å². The number of H-pyrrole nitrogens is 1. The van der Waals surface area contributed by atoms with Crippen molar-refractivity contribution in [2.75, 3.05) is 13.2 Å². The molecular weight excluding hydrogens is 355 g/mol. The van der Waals surface area contributed by atoms with Gasteiger partial charge in [-0.3, -0.25) is 0 Å². The van der Waals surface area contributed by atoms with E-state index in [-0.39, 0.29) is 5.75 Å². The van der Waals surface area contributed by atoms with Crippen LogP contribution < -0.4 is 9.47 Å². The van der Waals surface area contributed by atoms with Gasteiger partial charge in [0.05, 0.1) is 23.8 Å². The van der Waals surface area contributed by atoms with Crippen molar-refractivity contribution in [1.29, 1.82) is 0 Å². The van der Waals surface area contributed by atoms with Gasteiger partial charge in [-0.2, -0.15) is 0 Å². The van der Waals surface area contributed by atoms with Crippen molar-refractivity contribution < 1.29 is 13.9 Å². The summed E-state index contributed by atoms with van der Waals surface area (Å²) < 4.78 is 25.7. The Balaban J connectivity index is 1.59. The maximum Gasteiger partial charge on any atom is 0.192 e. The molecule has 4 nitrogen and oxygen atoms in total. The fourth-order valence-corrected chi connectivity index (χ4v) is 2.94. The number of aromatic nitrogens is 2. The van der Waals surface area contributed by atoms with Crippen LogP contribution in [0.5, 0.6) is 11.5 Å². The lowest BCUT2D eigenvalue weighted by atomic mass is 10.1. The Labute approximate surface area is 157 Å². The molecule has 0 bridgehead atoms. The molecule has 0 atom stereocenters. The van der Waals surface area contributed by atoms with E-state index in [2.05, 4.69) is 16.9 Å². The monoisotopic (exact) mass is 376 g/mol. The van der Waals surface area contributed by atoms with Crippen molar-refractivity contribution in [1.82, 2.24) is 9.97 Å². The van der Waals surface area contributed by atoms with E-state index in [1.165, 1.54) is 0 Å². The Morgan fingerprint density at radius 3 is 2.65 bits per heavy atom. The second-order valence-electron chi connectivity index (χ2n) is 6.16. The highest BCUT2D eigenvalue weighted by atomic mass is 35.5. The Bertz CT molecular complexity index is 895. The zero-order valence-electron chi connectivity index (χ0n) is 14.9. The standard InChI is InChI=1S/C20H22ClFN2O2/c1-3-4-10-25-17-7-5-14(12-15(17)21)9-11-26-18-8-6-16-20(19(18)22)24-13(2)23-16/h5-8,12H,3-4,9-11H2,1-2H3,(H,23,24). The summed E-state index contributed by atoms with van der Waals surface area (Å²) in [6.07, 6.45) is 2.69. The summed E-state index contributed by atoms with van der Waals surface area (Å²) in [7, 11) is 0. The highest BCUT2D eigenvalue weighted by Gasteiger charge is 2.12. The maximum atomic E-state index is 14.4. The maximum absolute atomic E-state index is 14.4. The van der Waals surface area contributed by atoms with Crippen LogP contribution >= 0.6 is 11.6 Å². The molecule has 3 aromatic rings. The molecule has 6 heteroatoms. The number of nitrogens with zero attached hydrogens (tertiary/aromatic N) is 1. The van der Waals surface area contributed by atoms with Gasteiger partial charge >= 0.3 is 0 Å². The molecule has 0 saturated carbocycles. The summed E-state index contributed by atoms with van der Waals surface area (Å²) in [4.78, 5) is 7.15. The molecular formula is C20H22ClFN2O2. The van der Waals surface area contributed by atoms with Crippen LogP contribution in [-0.4, -0.2) is 23.2 Å². The number of ether oxygens (including phenoxy) is 2. The van der Waals surface area contributed by atoms with Crippen molar-refractivity contribution in [2.45, 2.75) is 33.1 Å². The molecule has 0 spiro atoms. The Morgan fingerprint density at radius 2 is 1.88 bits per heavy atom. The molecule has 0 aliphatic carbocycles. The molecule has 0 fully saturated rings. The molecule has 1 heterocycles. The molecule has 0 unspecified atom stereocenters. The minimum atomic E-state index is -0.440. The van der Waals surface area contributed by atoms with Crippen molar-refractivity contribution in [2.24, 2.45) is 0 Å². The number of imidazole rings is 1. The third-order valence-electron chi connectivity index (χ3n) is 4.08. The van der Waals surface area contributed by atoms with E-state index >= 15 is 0 Å². The van der Waals surface area contributed by atoms with Gasteiger partial charge in [0.25, 0.3) is 0 Å². The number of aromatic amines is 1. The molecule has 0 amide bonds. The van der Waals surface area contributed by atoms with Crippen LogP contribution in [0.1, 0.15) is 31.2 Å². The van der Waals surface area contributed by atoms with E-state index in [0.717, 1.165) is 18.4 Å².